The van der Waals surface area contributed by atoms with Crippen molar-refractivity contribution >= 4 is 0 Å². The second kappa shape index (κ2) is 6.55. The lowest BCUT2D eigenvalue weighted by molar-refractivity contribution is 0.0867. The van der Waals surface area contributed by atoms with Gasteiger partial charge in [0.1, 0.15) is 0 Å². The maximum absolute atomic E-state index is 9.79. The summed E-state index contributed by atoms with van der Waals surface area (Å²) >= 11 is 0. The number of rotatable bonds is 5. The fourth-order valence-electron chi connectivity index (χ4n) is 5.40. The highest BCUT2D eigenvalue weighted by Gasteiger charge is 2.41. The van der Waals surface area contributed by atoms with Crippen molar-refractivity contribution < 1.29 is 5.11 Å². The Labute approximate surface area is 130 Å². The number of hydrogen-bond donors (Lipinski definition) is 2. The number of likely N-dealkylation sites (N-methyl/N-ethyl adjacent to an activating group) is 1. The van der Waals surface area contributed by atoms with Gasteiger partial charge in [0.15, 0.2) is 0 Å². The second-order valence-corrected chi connectivity index (χ2v) is 7.99. The molecular formula is C18H34N2O. The fraction of sp³-hybridized carbons (Fsp3) is 1.00. The predicted molar refractivity (Wildman–Crippen MR) is 87.4 cm³/mol. The molecule has 3 aliphatic rings. The average Bonchev–Trinajstić information content (AvgIpc) is 3.14. The first-order valence-corrected chi connectivity index (χ1v) is 9.24. The molecule has 1 aliphatic heterocycles. The minimum absolute atomic E-state index is 0.0163. The third-order valence-corrected chi connectivity index (χ3v) is 7.11. The van der Waals surface area contributed by atoms with Crippen LogP contribution in [0.1, 0.15) is 64.2 Å². The molecule has 2 atom stereocenters. The minimum Gasteiger partial charge on any atom is -0.394 e. The number of hydrogen-bond acceptors (Lipinski definition) is 3. The van der Waals surface area contributed by atoms with Gasteiger partial charge < -0.3 is 15.3 Å². The Morgan fingerprint density at radius 2 is 1.76 bits per heavy atom. The van der Waals surface area contributed by atoms with Crippen LogP contribution in [0.5, 0.6) is 0 Å². The lowest BCUT2D eigenvalue weighted by Crippen LogP contribution is -2.50. The minimum atomic E-state index is 0.0163. The summed E-state index contributed by atoms with van der Waals surface area (Å²) in [6.07, 6.45) is 13.8. The van der Waals surface area contributed by atoms with Gasteiger partial charge in [0, 0.05) is 5.54 Å². The molecule has 3 nitrogen and oxygen atoms in total. The SMILES string of the molecule is CNC1(CO)CCCC1CCN1CCC2(CCCC2)CC1. The largest absolute Gasteiger partial charge is 0.394 e. The van der Waals surface area contributed by atoms with Gasteiger partial charge in [-0.25, -0.2) is 0 Å². The molecule has 0 aromatic carbocycles. The van der Waals surface area contributed by atoms with E-state index in [1.807, 2.05) is 7.05 Å². The van der Waals surface area contributed by atoms with Crippen molar-refractivity contribution in [2.24, 2.45) is 11.3 Å². The van der Waals surface area contributed by atoms with E-state index >= 15 is 0 Å². The Hall–Kier alpha value is -0.120. The summed E-state index contributed by atoms with van der Waals surface area (Å²) in [5, 5.41) is 13.2. The van der Waals surface area contributed by atoms with Gasteiger partial charge in [-0.2, -0.15) is 0 Å². The quantitative estimate of drug-likeness (QED) is 0.818. The molecule has 3 fully saturated rings. The first-order chi connectivity index (χ1) is 10.2. The van der Waals surface area contributed by atoms with Crippen molar-refractivity contribution in [3.63, 3.8) is 0 Å². The summed E-state index contributed by atoms with van der Waals surface area (Å²) in [5.74, 6) is 0.662. The molecule has 2 N–H and O–H groups in total. The van der Waals surface area contributed by atoms with E-state index in [1.165, 1.54) is 77.4 Å². The van der Waals surface area contributed by atoms with Gasteiger partial charge >= 0.3 is 0 Å². The van der Waals surface area contributed by atoms with Gasteiger partial charge in [0.25, 0.3) is 0 Å². The molecule has 21 heavy (non-hydrogen) atoms. The highest BCUT2D eigenvalue weighted by molar-refractivity contribution is 4.98. The Morgan fingerprint density at radius 3 is 2.38 bits per heavy atom. The number of nitrogens with zero attached hydrogens (tertiary/aromatic N) is 1. The number of likely N-dealkylation sites (tertiary alicyclic amines) is 1. The normalized spacial score (nSPS) is 36.6. The van der Waals surface area contributed by atoms with Crippen molar-refractivity contribution in [2.45, 2.75) is 69.7 Å². The van der Waals surface area contributed by atoms with Crippen LogP contribution in [0.3, 0.4) is 0 Å². The summed E-state index contributed by atoms with van der Waals surface area (Å²) in [6, 6.07) is 0. The summed E-state index contributed by atoms with van der Waals surface area (Å²) < 4.78 is 0. The molecule has 1 saturated heterocycles. The Kier molecular flexibility index (Phi) is 4.92. The number of piperidine rings is 1. The smallest absolute Gasteiger partial charge is 0.0615 e. The molecule has 0 radical (unpaired) electrons. The van der Waals surface area contributed by atoms with Crippen molar-refractivity contribution in [1.82, 2.24) is 10.2 Å². The second-order valence-electron chi connectivity index (χ2n) is 7.99. The van der Waals surface area contributed by atoms with Crippen molar-refractivity contribution in [1.29, 1.82) is 0 Å². The van der Waals surface area contributed by atoms with Crippen LogP contribution in [0, 0.1) is 11.3 Å². The van der Waals surface area contributed by atoms with Crippen LogP contribution >= 0.6 is 0 Å². The number of nitrogens with one attached hydrogen (secondary N) is 1. The van der Waals surface area contributed by atoms with Gasteiger partial charge in [-0.1, -0.05) is 19.3 Å². The van der Waals surface area contributed by atoms with E-state index in [4.69, 9.17) is 0 Å². The molecule has 0 amide bonds. The van der Waals surface area contributed by atoms with Crippen LogP contribution in [0.15, 0.2) is 0 Å². The van der Waals surface area contributed by atoms with Crippen molar-refractivity contribution in [3.8, 4) is 0 Å². The fourth-order valence-corrected chi connectivity index (χ4v) is 5.40. The molecule has 0 bridgehead atoms. The zero-order chi connectivity index (χ0) is 14.8. The van der Waals surface area contributed by atoms with Crippen LogP contribution < -0.4 is 5.32 Å². The molecular weight excluding hydrogens is 260 g/mol. The van der Waals surface area contributed by atoms with Gasteiger partial charge in [-0.15, -0.1) is 0 Å². The molecule has 1 heterocycles. The Bertz CT molecular complexity index is 324. The average molecular weight is 294 g/mol. The molecule has 122 valence electrons. The van der Waals surface area contributed by atoms with E-state index < -0.39 is 0 Å². The Balaban J connectivity index is 1.46. The Morgan fingerprint density at radius 1 is 1.05 bits per heavy atom. The van der Waals surface area contributed by atoms with Gasteiger partial charge in [0.05, 0.1) is 6.61 Å². The monoisotopic (exact) mass is 294 g/mol. The van der Waals surface area contributed by atoms with Gasteiger partial charge in [-0.05, 0) is 83.0 Å². The van der Waals surface area contributed by atoms with Crippen LogP contribution in [0.25, 0.3) is 0 Å². The van der Waals surface area contributed by atoms with E-state index in [2.05, 4.69) is 10.2 Å². The van der Waals surface area contributed by atoms with E-state index in [0.29, 0.717) is 12.5 Å². The third kappa shape index (κ3) is 3.16. The standard InChI is InChI=1S/C18H34N2O/c1-19-18(15-21)9-4-5-16(18)6-12-20-13-10-17(11-14-20)7-2-3-8-17/h16,19,21H,2-15H2,1H3. The number of aliphatic hydroxyl groups is 1. The zero-order valence-corrected chi connectivity index (χ0v) is 13.9. The van der Waals surface area contributed by atoms with Crippen LogP contribution in [0.4, 0.5) is 0 Å². The molecule has 2 aliphatic carbocycles. The summed E-state index contributed by atoms with van der Waals surface area (Å²) in [5.41, 5.74) is 0.756. The molecule has 1 spiro atoms. The summed E-state index contributed by atoms with van der Waals surface area (Å²) in [7, 11) is 2.03. The van der Waals surface area contributed by atoms with Crippen LogP contribution in [-0.2, 0) is 0 Å². The van der Waals surface area contributed by atoms with Crippen molar-refractivity contribution in [2.75, 3.05) is 33.3 Å². The predicted octanol–water partition coefficient (Wildman–Crippen LogP) is 2.78. The highest BCUT2D eigenvalue weighted by Crippen LogP contribution is 2.46. The number of aliphatic hydroxyl groups excluding tert-OH is 1. The highest BCUT2D eigenvalue weighted by atomic mass is 16.3. The molecule has 2 unspecified atom stereocenters. The first-order valence-electron chi connectivity index (χ1n) is 9.24. The topological polar surface area (TPSA) is 35.5 Å². The summed E-state index contributed by atoms with van der Waals surface area (Å²) in [4.78, 5) is 2.69. The zero-order valence-electron chi connectivity index (χ0n) is 13.9. The lowest BCUT2D eigenvalue weighted by Gasteiger charge is -2.41. The molecule has 0 aromatic heterocycles. The third-order valence-electron chi connectivity index (χ3n) is 7.11. The van der Waals surface area contributed by atoms with Gasteiger partial charge in [-0.3, -0.25) is 0 Å². The van der Waals surface area contributed by atoms with Crippen LogP contribution in [0.2, 0.25) is 0 Å². The van der Waals surface area contributed by atoms with E-state index in [1.54, 1.807) is 0 Å². The molecule has 2 saturated carbocycles. The molecule has 0 aromatic rings. The van der Waals surface area contributed by atoms with Gasteiger partial charge in [0.2, 0.25) is 0 Å². The van der Waals surface area contributed by atoms with E-state index in [-0.39, 0.29) is 5.54 Å². The maximum Gasteiger partial charge on any atom is 0.0615 e. The first kappa shape index (κ1) is 15.8. The maximum atomic E-state index is 9.79. The lowest BCUT2D eigenvalue weighted by atomic mass is 9.77. The van der Waals surface area contributed by atoms with Crippen molar-refractivity contribution in [3.05, 3.63) is 0 Å². The van der Waals surface area contributed by atoms with E-state index in [9.17, 15) is 5.11 Å². The van der Waals surface area contributed by atoms with Crippen LogP contribution in [-0.4, -0.2) is 48.8 Å². The molecule has 3 rings (SSSR count). The molecule has 3 heteroatoms. The summed E-state index contributed by atoms with van der Waals surface area (Å²) in [6.45, 7) is 4.18. The van der Waals surface area contributed by atoms with E-state index in [0.717, 1.165) is 11.8 Å².